The molecule has 1 unspecified atom stereocenters. The molecule has 11 heavy (non-hydrogen) atoms. The highest BCUT2D eigenvalue weighted by atomic mass is 32.1. The molecule has 0 radical (unpaired) electrons. The summed E-state index contributed by atoms with van der Waals surface area (Å²) in [5.74, 6) is 0.761. The lowest BCUT2D eigenvalue weighted by atomic mass is 10.0. The van der Waals surface area contributed by atoms with Crippen LogP contribution >= 0.6 is 12.8 Å². The number of methoxy groups -OCH3 is 1. The number of hydrogen-bond acceptors (Lipinski definition) is 3. The zero-order chi connectivity index (χ0) is 8.10. The van der Waals surface area contributed by atoms with E-state index < -0.39 is 0 Å². The number of rotatable bonds is 2. The fraction of sp³-hybridized carbons (Fsp3) is 1.00. The summed E-state index contributed by atoms with van der Waals surface area (Å²) in [6.07, 6.45) is 3.79. The molecule has 1 aliphatic heterocycles. The van der Waals surface area contributed by atoms with E-state index in [-0.39, 0.29) is 0 Å². The monoisotopic (exact) mass is 175 g/mol. The summed E-state index contributed by atoms with van der Waals surface area (Å²) >= 11 is 4.33. The van der Waals surface area contributed by atoms with Gasteiger partial charge in [0, 0.05) is 26.8 Å². The van der Waals surface area contributed by atoms with E-state index in [2.05, 4.69) is 17.1 Å². The molecule has 0 spiro atoms. The van der Waals surface area contributed by atoms with Gasteiger partial charge in [0.25, 0.3) is 0 Å². The van der Waals surface area contributed by atoms with Crippen LogP contribution in [0.15, 0.2) is 0 Å². The summed E-state index contributed by atoms with van der Waals surface area (Å²) < 4.78 is 7.24. The van der Waals surface area contributed by atoms with Crippen LogP contribution in [0.4, 0.5) is 0 Å². The molecule has 0 N–H and O–H groups in total. The second kappa shape index (κ2) is 5.01. The molecule has 2 nitrogen and oxygen atoms in total. The van der Waals surface area contributed by atoms with Gasteiger partial charge < -0.3 is 4.74 Å². The van der Waals surface area contributed by atoms with Crippen molar-refractivity contribution in [2.75, 3.05) is 26.8 Å². The lowest BCUT2D eigenvalue weighted by molar-refractivity contribution is 0.145. The van der Waals surface area contributed by atoms with Crippen molar-refractivity contribution < 1.29 is 4.74 Å². The Hall–Kier alpha value is 0.270. The van der Waals surface area contributed by atoms with Gasteiger partial charge in [0.05, 0.1) is 0 Å². The topological polar surface area (TPSA) is 12.5 Å². The van der Waals surface area contributed by atoms with Crippen molar-refractivity contribution in [1.29, 1.82) is 0 Å². The molecule has 3 heteroatoms. The number of hydrogen-bond donors (Lipinski definition) is 1. The normalized spacial score (nSPS) is 28.4. The van der Waals surface area contributed by atoms with Crippen molar-refractivity contribution in [3.05, 3.63) is 0 Å². The van der Waals surface area contributed by atoms with Crippen molar-refractivity contribution in [2.24, 2.45) is 5.92 Å². The van der Waals surface area contributed by atoms with Gasteiger partial charge in [-0.05, 0) is 25.2 Å². The Labute approximate surface area is 74.5 Å². The second-order valence-electron chi connectivity index (χ2n) is 3.21. The summed E-state index contributed by atoms with van der Waals surface area (Å²) in [7, 11) is 1.78. The van der Waals surface area contributed by atoms with Crippen molar-refractivity contribution >= 4 is 12.8 Å². The van der Waals surface area contributed by atoms with Gasteiger partial charge in [-0.3, -0.25) is 4.31 Å². The average Bonchev–Trinajstić information content (AvgIpc) is 2.17. The van der Waals surface area contributed by atoms with Crippen molar-refractivity contribution in [1.82, 2.24) is 4.31 Å². The molecule has 0 bridgehead atoms. The standard InChI is InChI=1S/C8H17NOS/c1-10-7-8-3-2-5-9(11)6-4-8/h8,11H,2-7H2,1H3. The molecule has 1 atom stereocenters. The average molecular weight is 175 g/mol. The molecule has 0 aromatic rings. The molecular formula is C8H17NOS. The van der Waals surface area contributed by atoms with Gasteiger partial charge in [0.15, 0.2) is 0 Å². The van der Waals surface area contributed by atoms with E-state index in [1.165, 1.54) is 19.3 Å². The number of ether oxygens (including phenoxy) is 1. The first-order valence-corrected chi connectivity index (χ1v) is 4.65. The highest BCUT2D eigenvalue weighted by Gasteiger charge is 2.14. The Morgan fingerprint density at radius 3 is 3.00 bits per heavy atom. The van der Waals surface area contributed by atoms with Crippen LogP contribution in [0.2, 0.25) is 0 Å². The quantitative estimate of drug-likeness (QED) is 0.640. The van der Waals surface area contributed by atoms with E-state index in [0.717, 1.165) is 25.6 Å². The third kappa shape index (κ3) is 3.45. The van der Waals surface area contributed by atoms with Crippen LogP contribution in [0.3, 0.4) is 0 Å². The van der Waals surface area contributed by atoms with Crippen LogP contribution < -0.4 is 0 Å². The molecule has 0 aromatic heterocycles. The van der Waals surface area contributed by atoms with Crippen molar-refractivity contribution in [3.8, 4) is 0 Å². The van der Waals surface area contributed by atoms with Crippen molar-refractivity contribution in [3.63, 3.8) is 0 Å². The minimum Gasteiger partial charge on any atom is -0.384 e. The zero-order valence-electron chi connectivity index (χ0n) is 7.12. The van der Waals surface area contributed by atoms with Crippen LogP contribution in [-0.4, -0.2) is 31.1 Å². The van der Waals surface area contributed by atoms with E-state index >= 15 is 0 Å². The molecule has 0 amide bonds. The maximum Gasteiger partial charge on any atom is 0.0490 e. The summed E-state index contributed by atoms with van der Waals surface area (Å²) in [6, 6.07) is 0. The van der Waals surface area contributed by atoms with E-state index in [1.54, 1.807) is 7.11 Å². The van der Waals surface area contributed by atoms with E-state index in [1.807, 2.05) is 0 Å². The maximum absolute atomic E-state index is 5.13. The third-order valence-electron chi connectivity index (χ3n) is 2.23. The molecule has 0 aliphatic carbocycles. The van der Waals surface area contributed by atoms with Crippen LogP contribution in [0, 0.1) is 5.92 Å². The smallest absolute Gasteiger partial charge is 0.0490 e. The third-order valence-corrected chi connectivity index (χ3v) is 2.63. The Bertz CT molecular complexity index is 110. The second-order valence-corrected chi connectivity index (χ2v) is 3.77. The summed E-state index contributed by atoms with van der Waals surface area (Å²) in [5.41, 5.74) is 0. The highest BCUT2D eigenvalue weighted by molar-refractivity contribution is 7.77. The molecule has 66 valence electrons. The van der Waals surface area contributed by atoms with Crippen LogP contribution in [-0.2, 0) is 4.74 Å². The van der Waals surface area contributed by atoms with E-state index in [9.17, 15) is 0 Å². The molecule has 0 aromatic carbocycles. The van der Waals surface area contributed by atoms with E-state index in [4.69, 9.17) is 4.74 Å². The van der Waals surface area contributed by atoms with Gasteiger partial charge in [0.1, 0.15) is 0 Å². The number of nitrogens with zero attached hydrogens (tertiary/aromatic N) is 1. The Balaban J connectivity index is 2.22. The van der Waals surface area contributed by atoms with Gasteiger partial charge in [-0.2, -0.15) is 0 Å². The van der Waals surface area contributed by atoms with Crippen LogP contribution in [0.25, 0.3) is 0 Å². The maximum atomic E-state index is 5.13. The predicted molar refractivity (Wildman–Crippen MR) is 49.8 cm³/mol. The predicted octanol–water partition coefficient (Wildman–Crippen LogP) is 1.58. The summed E-state index contributed by atoms with van der Waals surface area (Å²) in [6.45, 7) is 3.15. The largest absolute Gasteiger partial charge is 0.384 e. The molecular weight excluding hydrogens is 158 g/mol. The molecule has 1 saturated heterocycles. The molecule has 1 aliphatic rings. The molecule has 1 rings (SSSR count). The lowest BCUT2D eigenvalue weighted by Crippen LogP contribution is -2.14. The fourth-order valence-electron chi connectivity index (χ4n) is 1.55. The SMILES string of the molecule is COCC1CCCN(S)CC1. The minimum atomic E-state index is 0.761. The van der Waals surface area contributed by atoms with Gasteiger partial charge in [0.2, 0.25) is 0 Å². The van der Waals surface area contributed by atoms with E-state index in [0.29, 0.717) is 0 Å². The lowest BCUT2D eigenvalue weighted by Gasteiger charge is -2.12. The first kappa shape index (κ1) is 9.36. The van der Waals surface area contributed by atoms with Crippen LogP contribution in [0.1, 0.15) is 19.3 Å². The number of thiol groups is 1. The molecule has 1 heterocycles. The first-order valence-electron chi connectivity index (χ1n) is 4.25. The summed E-state index contributed by atoms with van der Waals surface area (Å²) in [5, 5.41) is 0. The van der Waals surface area contributed by atoms with Crippen LogP contribution in [0.5, 0.6) is 0 Å². The molecule has 0 saturated carbocycles. The van der Waals surface area contributed by atoms with Gasteiger partial charge in [-0.1, -0.05) is 12.8 Å². The first-order chi connectivity index (χ1) is 5.33. The molecule has 1 fully saturated rings. The van der Waals surface area contributed by atoms with Gasteiger partial charge in [-0.25, -0.2) is 0 Å². The Kier molecular flexibility index (Phi) is 4.26. The Morgan fingerprint density at radius 2 is 2.27 bits per heavy atom. The Morgan fingerprint density at radius 1 is 1.45 bits per heavy atom. The highest BCUT2D eigenvalue weighted by Crippen LogP contribution is 2.18. The van der Waals surface area contributed by atoms with Crippen molar-refractivity contribution in [2.45, 2.75) is 19.3 Å². The summed E-state index contributed by atoms with van der Waals surface area (Å²) in [4.78, 5) is 0. The zero-order valence-corrected chi connectivity index (χ0v) is 8.02. The minimum absolute atomic E-state index is 0.761. The fourth-order valence-corrected chi connectivity index (χ4v) is 1.81. The van der Waals surface area contributed by atoms with Gasteiger partial charge in [-0.15, -0.1) is 0 Å². The van der Waals surface area contributed by atoms with Gasteiger partial charge >= 0.3 is 0 Å².